The van der Waals surface area contributed by atoms with E-state index in [0.29, 0.717) is 18.1 Å². The number of unbranched alkanes of at least 4 members (excludes halogenated alkanes) is 1. The fourth-order valence-corrected chi connectivity index (χ4v) is 3.40. The maximum absolute atomic E-state index is 13.1. The van der Waals surface area contributed by atoms with Crippen molar-refractivity contribution in [2.24, 2.45) is 0 Å². The molecule has 3 amide bonds. The predicted octanol–water partition coefficient (Wildman–Crippen LogP) is 5.75. The fraction of sp³-hybridized carbons (Fsp3) is 0.370. The van der Waals surface area contributed by atoms with Gasteiger partial charge in [-0.3, -0.25) is 4.79 Å². The topological polar surface area (TPSA) is 79.3 Å². The number of nitrogens with one attached hydrogen (secondary N) is 2. The Bertz CT molecular complexity index is 1100. The van der Waals surface area contributed by atoms with Crippen LogP contribution in [0.15, 0.2) is 60.7 Å². The maximum atomic E-state index is 13.1. The molecule has 7 nitrogen and oxygen atoms in total. The summed E-state index contributed by atoms with van der Waals surface area (Å²) in [6, 6.07) is 18.8. The summed E-state index contributed by atoms with van der Waals surface area (Å²) in [5, 5.41) is 10.6. The van der Waals surface area contributed by atoms with E-state index in [0.717, 1.165) is 29.8 Å². The molecule has 3 rings (SSSR count). The molecular formula is C27H35N5O2. The highest BCUT2D eigenvalue weighted by molar-refractivity contribution is 5.96. The lowest BCUT2D eigenvalue weighted by Gasteiger charge is -2.22. The summed E-state index contributed by atoms with van der Waals surface area (Å²) >= 11 is 0. The van der Waals surface area contributed by atoms with Crippen molar-refractivity contribution in [1.29, 1.82) is 0 Å². The van der Waals surface area contributed by atoms with Crippen molar-refractivity contribution in [3.63, 3.8) is 0 Å². The largest absolute Gasteiger partial charge is 0.322 e. The van der Waals surface area contributed by atoms with Gasteiger partial charge in [0.05, 0.1) is 11.4 Å². The number of hydrogen-bond acceptors (Lipinski definition) is 3. The van der Waals surface area contributed by atoms with Crippen LogP contribution in [-0.2, 0) is 10.2 Å². The number of para-hydroxylation sites is 1. The highest BCUT2D eigenvalue weighted by atomic mass is 16.2. The second kappa shape index (κ2) is 11.0. The predicted molar refractivity (Wildman–Crippen MR) is 138 cm³/mol. The number of aromatic nitrogens is 2. The van der Waals surface area contributed by atoms with Crippen LogP contribution in [0, 0.1) is 6.92 Å². The van der Waals surface area contributed by atoms with Crippen LogP contribution in [0.1, 0.15) is 51.8 Å². The first-order chi connectivity index (χ1) is 16.2. The van der Waals surface area contributed by atoms with E-state index in [1.165, 1.54) is 0 Å². The molecule has 0 bridgehead atoms. The quantitative estimate of drug-likeness (QED) is 0.448. The minimum absolute atomic E-state index is 0.0530. The molecule has 1 aromatic heterocycles. The number of anilines is 2. The standard InChI is InChI=1S/C27H35N5O2/c1-6-7-17-31(26(34)28-21-11-9-8-10-12-21)19-25(33)29-24-18-23(27(3,4)5)30-32(24)22-15-13-20(2)14-16-22/h8-16,18H,6-7,17,19H2,1-5H3,(H,28,34)(H,29,33). The lowest BCUT2D eigenvalue weighted by molar-refractivity contribution is -0.116. The third kappa shape index (κ3) is 6.70. The zero-order valence-electron chi connectivity index (χ0n) is 20.8. The summed E-state index contributed by atoms with van der Waals surface area (Å²) in [6.07, 6.45) is 1.73. The van der Waals surface area contributed by atoms with Gasteiger partial charge in [-0.2, -0.15) is 5.10 Å². The fourth-order valence-electron chi connectivity index (χ4n) is 3.40. The Balaban J connectivity index is 1.79. The van der Waals surface area contributed by atoms with E-state index in [2.05, 4.69) is 38.3 Å². The Kier molecular flexibility index (Phi) is 8.10. The van der Waals surface area contributed by atoms with Gasteiger partial charge >= 0.3 is 6.03 Å². The molecule has 180 valence electrons. The number of carbonyl (C=O) groups excluding carboxylic acids is 2. The number of carbonyl (C=O) groups is 2. The van der Waals surface area contributed by atoms with Crippen molar-refractivity contribution in [2.45, 2.75) is 52.9 Å². The van der Waals surface area contributed by atoms with Gasteiger partial charge in [0.2, 0.25) is 5.91 Å². The van der Waals surface area contributed by atoms with Crippen LogP contribution in [0.4, 0.5) is 16.3 Å². The van der Waals surface area contributed by atoms with Crippen LogP contribution in [0.5, 0.6) is 0 Å². The van der Waals surface area contributed by atoms with E-state index in [4.69, 9.17) is 5.10 Å². The Hall–Kier alpha value is -3.61. The molecule has 0 saturated heterocycles. The Morgan fingerprint density at radius 3 is 2.29 bits per heavy atom. The molecule has 1 heterocycles. The number of amides is 3. The van der Waals surface area contributed by atoms with E-state index in [1.54, 1.807) is 9.58 Å². The van der Waals surface area contributed by atoms with Crippen LogP contribution in [0.25, 0.3) is 5.69 Å². The minimum Gasteiger partial charge on any atom is -0.315 e. The SMILES string of the molecule is CCCCN(CC(=O)Nc1cc(C(C)(C)C)nn1-c1ccc(C)cc1)C(=O)Nc1ccccc1. The Morgan fingerprint density at radius 2 is 1.68 bits per heavy atom. The van der Waals surface area contributed by atoms with E-state index >= 15 is 0 Å². The van der Waals surface area contributed by atoms with Crippen LogP contribution in [-0.4, -0.2) is 39.7 Å². The van der Waals surface area contributed by atoms with Crippen LogP contribution in [0.3, 0.4) is 0 Å². The normalized spacial score (nSPS) is 11.2. The van der Waals surface area contributed by atoms with Crippen LogP contribution < -0.4 is 10.6 Å². The van der Waals surface area contributed by atoms with Crippen molar-refractivity contribution >= 4 is 23.4 Å². The molecular weight excluding hydrogens is 426 g/mol. The molecule has 7 heteroatoms. The van der Waals surface area contributed by atoms with Crippen molar-refractivity contribution in [1.82, 2.24) is 14.7 Å². The van der Waals surface area contributed by atoms with Gasteiger partial charge in [0.1, 0.15) is 12.4 Å². The highest BCUT2D eigenvalue weighted by Crippen LogP contribution is 2.26. The lowest BCUT2D eigenvalue weighted by atomic mass is 9.92. The maximum Gasteiger partial charge on any atom is 0.322 e. The minimum atomic E-state index is -0.294. The molecule has 0 aliphatic heterocycles. The molecule has 0 unspecified atom stereocenters. The Morgan fingerprint density at radius 1 is 1.00 bits per heavy atom. The number of benzene rings is 2. The van der Waals surface area contributed by atoms with Gasteiger partial charge in [-0.25, -0.2) is 9.48 Å². The molecule has 0 saturated carbocycles. The molecule has 0 fully saturated rings. The number of hydrogen-bond donors (Lipinski definition) is 2. The van der Waals surface area contributed by atoms with E-state index in [1.807, 2.05) is 67.6 Å². The molecule has 34 heavy (non-hydrogen) atoms. The van der Waals surface area contributed by atoms with Gasteiger partial charge in [-0.15, -0.1) is 0 Å². The summed E-state index contributed by atoms with van der Waals surface area (Å²) in [5.41, 5.74) is 3.39. The summed E-state index contributed by atoms with van der Waals surface area (Å²) in [7, 11) is 0. The molecule has 0 radical (unpaired) electrons. The van der Waals surface area contributed by atoms with Gasteiger partial charge in [0.25, 0.3) is 0 Å². The smallest absolute Gasteiger partial charge is 0.315 e. The third-order valence-corrected chi connectivity index (χ3v) is 5.45. The molecule has 0 atom stereocenters. The average Bonchev–Trinajstić information content (AvgIpc) is 3.22. The van der Waals surface area contributed by atoms with Crippen LogP contribution >= 0.6 is 0 Å². The second-order valence-electron chi connectivity index (χ2n) is 9.53. The van der Waals surface area contributed by atoms with Gasteiger partial charge in [-0.1, -0.05) is 70.0 Å². The lowest BCUT2D eigenvalue weighted by Crippen LogP contribution is -2.41. The second-order valence-corrected chi connectivity index (χ2v) is 9.53. The van der Waals surface area contributed by atoms with Gasteiger partial charge in [0, 0.05) is 23.7 Å². The summed E-state index contributed by atoms with van der Waals surface area (Å²) in [4.78, 5) is 27.5. The molecule has 0 aliphatic carbocycles. The molecule has 2 aromatic carbocycles. The van der Waals surface area contributed by atoms with Crippen molar-refractivity contribution in [2.75, 3.05) is 23.7 Å². The van der Waals surface area contributed by atoms with Gasteiger partial charge in [-0.05, 0) is 37.6 Å². The Labute approximate surface area is 202 Å². The first-order valence-corrected chi connectivity index (χ1v) is 11.8. The van der Waals surface area contributed by atoms with Gasteiger partial charge < -0.3 is 15.5 Å². The first-order valence-electron chi connectivity index (χ1n) is 11.8. The molecule has 3 aromatic rings. The molecule has 2 N–H and O–H groups in total. The van der Waals surface area contributed by atoms with Crippen molar-refractivity contribution < 1.29 is 9.59 Å². The van der Waals surface area contributed by atoms with E-state index in [-0.39, 0.29) is 23.9 Å². The first kappa shape index (κ1) is 25.0. The number of nitrogens with zero attached hydrogens (tertiary/aromatic N) is 3. The number of aryl methyl sites for hydroxylation is 1. The van der Waals surface area contributed by atoms with Crippen LogP contribution in [0.2, 0.25) is 0 Å². The third-order valence-electron chi connectivity index (χ3n) is 5.45. The summed E-state index contributed by atoms with van der Waals surface area (Å²) in [6.45, 7) is 10.8. The summed E-state index contributed by atoms with van der Waals surface area (Å²) in [5.74, 6) is 0.311. The average molecular weight is 462 g/mol. The van der Waals surface area contributed by atoms with Crippen molar-refractivity contribution in [3.8, 4) is 5.69 Å². The monoisotopic (exact) mass is 461 g/mol. The van der Waals surface area contributed by atoms with Gasteiger partial charge in [0.15, 0.2) is 0 Å². The zero-order valence-corrected chi connectivity index (χ0v) is 20.8. The van der Waals surface area contributed by atoms with E-state index in [9.17, 15) is 9.59 Å². The molecule has 0 spiro atoms. The number of rotatable bonds is 8. The van der Waals surface area contributed by atoms with Crippen molar-refractivity contribution in [3.05, 3.63) is 71.9 Å². The highest BCUT2D eigenvalue weighted by Gasteiger charge is 2.23. The van der Waals surface area contributed by atoms with E-state index < -0.39 is 0 Å². The molecule has 0 aliphatic rings. The zero-order chi connectivity index (χ0) is 24.7. The number of urea groups is 1. The summed E-state index contributed by atoms with van der Waals surface area (Å²) < 4.78 is 1.75.